The lowest BCUT2D eigenvalue weighted by Gasteiger charge is -2.14. The summed E-state index contributed by atoms with van der Waals surface area (Å²) in [5.41, 5.74) is 0.480. The van der Waals surface area contributed by atoms with E-state index in [-0.39, 0.29) is 17.3 Å². The highest BCUT2D eigenvalue weighted by Crippen LogP contribution is 2.22. The third kappa shape index (κ3) is 4.67. The molecule has 1 rings (SSSR count). The highest BCUT2D eigenvalue weighted by molar-refractivity contribution is 7.84. The molecule has 1 aromatic rings. The van der Waals surface area contributed by atoms with E-state index in [4.69, 9.17) is 5.26 Å². The maximum Gasteiger partial charge on any atom is 0.287 e. The molecule has 1 aromatic carbocycles. The molecule has 0 aliphatic rings. The number of anilines is 1. The quantitative estimate of drug-likeness (QED) is 0.635. The molecular formula is C12H15N3O3S. The maximum absolute atomic E-state index is 11.0. The first-order valence-corrected chi connectivity index (χ1v) is 7.42. The number of benzene rings is 1. The predicted octanol–water partition coefficient (Wildman–Crippen LogP) is 2.04. The summed E-state index contributed by atoms with van der Waals surface area (Å²) in [7, 11) is -0.842. The molecule has 0 aliphatic carbocycles. The minimum Gasteiger partial charge on any atom is -0.383 e. The van der Waals surface area contributed by atoms with Crippen LogP contribution in [0.2, 0.25) is 0 Å². The Morgan fingerprint density at radius 2 is 2.26 bits per heavy atom. The zero-order chi connectivity index (χ0) is 14.4. The SMILES string of the molecule is CC(CCS(C)=O)Nc1ccc([N+](=O)[O-])c(C#N)c1. The minimum atomic E-state index is -0.842. The van der Waals surface area contributed by atoms with Gasteiger partial charge in [0.05, 0.1) is 4.92 Å². The fourth-order valence-corrected chi connectivity index (χ4v) is 2.26. The van der Waals surface area contributed by atoms with Gasteiger partial charge >= 0.3 is 0 Å². The van der Waals surface area contributed by atoms with Gasteiger partial charge in [-0.2, -0.15) is 5.26 Å². The van der Waals surface area contributed by atoms with Crippen LogP contribution in [-0.4, -0.2) is 27.2 Å². The smallest absolute Gasteiger partial charge is 0.287 e. The highest BCUT2D eigenvalue weighted by Gasteiger charge is 2.14. The van der Waals surface area contributed by atoms with Crippen molar-refractivity contribution in [1.82, 2.24) is 0 Å². The van der Waals surface area contributed by atoms with Crippen molar-refractivity contribution in [1.29, 1.82) is 5.26 Å². The van der Waals surface area contributed by atoms with E-state index in [1.54, 1.807) is 12.3 Å². The van der Waals surface area contributed by atoms with E-state index in [0.717, 1.165) is 6.42 Å². The molecule has 0 spiro atoms. The fourth-order valence-electron chi connectivity index (χ4n) is 1.57. The van der Waals surface area contributed by atoms with Crippen LogP contribution < -0.4 is 5.32 Å². The Morgan fingerprint density at radius 3 is 2.79 bits per heavy atom. The fraction of sp³-hybridized carbons (Fsp3) is 0.417. The summed E-state index contributed by atoms with van der Waals surface area (Å²) < 4.78 is 11.0. The van der Waals surface area contributed by atoms with Crippen LogP contribution in [0.4, 0.5) is 11.4 Å². The van der Waals surface area contributed by atoms with Crippen LogP contribution in [0.5, 0.6) is 0 Å². The van der Waals surface area contributed by atoms with Crippen LogP contribution in [0.1, 0.15) is 18.9 Å². The van der Waals surface area contributed by atoms with Crippen LogP contribution in [0.3, 0.4) is 0 Å². The summed E-state index contributed by atoms with van der Waals surface area (Å²) >= 11 is 0. The molecule has 0 bridgehead atoms. The second-order valence-electron chi connectivity index (χ2n) is 4.21. The minimum absolute atomic E-state index is 0.0290. The van der Waals surface area contributed by atoms with Gasteiger partial charge < -0.3 is 5.32 Å². The molecule has 19 heavy (non-hydrogen) atoms. The predicted molar refractivity (Wildman–Crippen MR) is 74.4 cm³/mol. The van der Waals surface area contributed by atoms with E-state index in [1.807, 2.05) is 13.0 Å². The maximum atomic E-state index is 11.0. The molecule has 0 aromatic heterocycles. The molecule has 0 aliphatic heterocycles. The molecule has 0 saturated carbocycles. The van der Waals surface area contributed by atoms with Crippen molar-refractivity contribution in [3.8, 4) is 6.07 Å². The Bertz CT molecular complexity index is 540. The molecule has 102 valence electrons. The average Bonchev–Trinajstić information content (AvgIpc) is 2.35. The summed E-state index contributed by atoms with van der Waals surface area (Å²) in [6.07, 6.45) is 2.37. The molecule has 7 heteroatoms. The first kappa shape index (κ1) is 15.1. The molecule has 0 heterocycles. The van der Waals surface area contributed by atoms with Crippen LogP contribution >= 0.6 is 0 Å². The number of hydrogen-bond donors (Lipinski definition) is 1. The van der Waals surface area contributed by atoms with Crippen molar-refractivity contribution in [2.24, 2.45) is 0 Å². The number of hydrogen-bond acceptors (Lipinski definition) is 5. The Balaban J connectivity index is 2.78. The Hall–Kier alpha value is -1.94. The van der Waals surface area contributed by atoms with Crippen LogP contribution in [0.25, 0.3) is 0 Å². The van der Waals surface area contributed by atoms with E-state index in [0.29, 0.717) is 11.4 Å². The lowest BCUT2D eigenvalue weighted by Crippen LogP contribution is -2.17. The van der Waals surface area contributed by atoms with Crippen LogP contribution in [-0.2, 0) is 10.8 Å². The lowest BCUT2D eigenvalue weighted by molar-refractivity contribution is -0.385. The highest BCUT2D eigenvalue weighted by atomic mass is 32.2. The van der Waals surface area contributed by atoms with E-state index < -0.39 is 15.7 Å². The molecular weight excluding hydrogens is 266 g/mol. The summed E-state index contributed by atoms with van der Waals surface area (Å²) in [6.45, 7) is 1.93. The number of nitrogens with one attached hydrogen (secondary N) is 1. The van der Waals surface area contributed by atoms with Gasteiger partial charge in [-0.25, -0.2) is 0 Å². The topological polar surface area (TPSA) is 96.0 Å². The van der Waals surface area contributed by atoms with Crippen molar-refractivity contribution in [2.45, 2.75) is 19.4 Å². The van der Waals surface area contributed by atoms with Gasteiger partial charge in [-0.05, 0) is 25.5 Å². The van der Waals surface area contributed by atoms with E-state index >= 15 is 0 Å². The molecule has 2 atom stereocenters. The van der Waals surface area contributed by atoms with Crippen molar-refractivity contribution in [3.63, 3.8) is 0 Å². The van der Waals surface area contributed by atoms with Gasteiger partial charge in [-0.15, -0.1) is 0 Å². The molecule has 2 unspecified atom stereocenters. The number of nitro groups is 1. The Morgan fingerprint density at radius 1 is 1.58 bits per heavy atom. The summed E-state index contributed by atoms with van der Waals surface area (Å²) in [5.74, 6) is 0.590. The number of nitrogens with zero attached hydrogens (tertiary/aromatic N) is 2. The number of nitro benzene ring substituents is 1. The van der Waals surface area contributed by atoms with Crippen LogP contribution in [0.15, 0.2) is 18.2 Å². The molecule has 0 saturated heterocycles. The van der Waals surface area contributed by atoms with Gasteiger partial charge in [-0.3, -0.25) is 14.3 Å². The second-order valence-corrected chi connectivity index (χ2v) is 5.77. The third-order valence-electron chi connectivity index (χ3n) is 2.57. The summed E-state index contributed by atoms with van der Waals surface area (Å²) in [6, 6.07) is 6.23. The standard InChI is InChI=1S/C12H15N3O3S/c1-9(5-6-19(2)18)14-11-3-4-12(15(16)17)10(7-11)8-13/h3-4,7,9,14H,5-6H2,1-2H3. The van der Waals surface area contributed by atoms with Crippen molar-refractivity contribution in [2.75, 3.05) is 17.3 Å². The molecule has 0 amide bonds. The summed E-state index contributed by atoms with van der Waals surface area (Å²) in [4.78, 5) is 10.1. The first-order valence-electron chi connectivity index (χ1n) is 5.69. The van der Waals surface area contributed by atoms with Crippen molar-refractivity contribution >= 4 is 22.2 Å². The Kier molecular flexibility index (Phi) is 5.45. The van der Waals surface area contributed by atoms with Gasteiger partial charge in [0.15, 0.2) is 0 Å². The normalized spacial score (nSPS) is 13.3. The van der Waals surface area contributed by atoms with E-state index in [2.05, 4.69) is 5.32 Å². The number of nitriles is 1. The first-order chi connectivity index (χ1) is 8.93. The van der Waals surface area contributed by atoms with Crippen molar-refractivity contribution < 1.29 is 9.13 Å². The van der Waals surface area contributed by atoms with Crippen LogP contribution in [0, 0.1) is 21.4 Å². The molecule has 1 N–H and O–H groups in total. The Labute approximate surface area is 114 Å². The van der Waals surface area contributed by atoms with Gasteiger partial charge in [0.1, 0.15) is 11.6 Å². The zero-order valence-electron chi connectivity index (χ0n) is 10.8. The largest absolute Gasteiger partial charge is 0.383 e. The monoisotopic (exact) mass is 281 g/mol. The zero-order valence-corrected chi connectivity index (χ0v) is 11.6. The second kappa shape index (κ2) is 6.85. The van der Waals surface area contributed by atoms with Gasteiger partial charge in [0.25, 0.3) is 5.69 Å². The molecule has 0 fully saturated rings. The average molecular weight is 281 g/mol. The molecule has 6 nitrogen and oxygen atoms in total. The van der Waals surface area contributed by atoms with E-state index in [1.165, 1.54) is 12.1 Å². The van der Waals surface area contributed by atoms with Gasteiger partial charge in [0.2, 0.25) is 0 Å². The third-order valence-corrected chi connectivity index (χ3v) is 3.38. The van der Waals surface area contributed by atoms with Crippen molar-refractivity contribution in [3.05, 3.63) is 33.9 Å². The van der Waals surface area contributed by atoms with E-state index in [9.17, 15) is 14.3 Å². The van der Waals surface area contributed by atoms with Gasteiger partial charge in [0, 0.05) is 40.6 Å². The number of rotatable bonds is 6. The summed E-state index contributed by atoms with van der Waals surface area (Å²) in [5, 5.41) is 22.7. The van der Waals surface area contributed by atoms with Gasteiger partial charge in [-0.1, -0.05) is 0 Å². The molecule has 0 radical (unpaired) electrons. The lowest BCUT2D eigenvalue weighted by atomic mass is 10.1.